The number of nitrogen functional groups attached to an aromatic ring is 1. The fourth-order valence-electron chi connectivity index (χ4n) is 1.36. The maximum Gasteiger partial charge on any atom is 0.283 e. The number of benzene rings is 1. The van der Waals surface area contributed by atoms with E-state index in [0.717, 1.165) is 0 Å². The Morgan fingerprint density at radius 2 is 2.06 bits per heavy atom. The highest BCUT2D eigenvalue weighted by Gasteiger charge is 2.15. The topological polar surface area (TPSA) is 70.9 Å². The van der Waals surface area contributed by atoms with E-state index in [1.54, 1.807) is 12.1 Å². The zero-order valence-electron chi connectivity index (χ0n) is 8.49. The number of rotatable bonds is 2. The minimum atomic E-state index is -0.461. The molecule has 0 aliphatic rings. The van der Waals surface area contributed by atoms with E-state index in [-0.39, 0.29) is 11.5 Å². The van der Waals surface area contributed by atoms with Crippen molar-refractivity contribution < 1.29 is 9.18 Å². The Labute approximate surface area is 105 Å². The molecule has 17 heavy (non-hydrogen) atoms. The van der Waals surface area contributed by atoms with Gasteiger partial charge in [-0.15, -0.1) is 11.3 Å². The van der Waals surface area contributed by atoms with Crippen LogP contribution in [0.2, 0.25) is 0 Å². The highest BCUT2D eigenvalue weighted by atomic mass is 32.1. The van der Waals surface area contributed by atoms with Crippen LogP contribution in [0.15, 0.2) is 24.3 Å². The molecule has 1 amide bonds. The number of carbonyl (C=O) groups excluding carboxylic acids is 1. The largest absolute Gasteiger partial charge is 0.332 e. The van der Waals surface area contributed by atoms with E-state index >= 15 is 0 Å². The SMILES string of the molecule is NNC(=O)c1[nH]c(=S)sc1-c1ccc(F)cc1. The average molecular weight is 269 g/mol. The third kappa shape index (κ3) is 2.41. The first kappa shape index (κ1) is 11.9. The van der Waals surface area contributed by atoms with Gasteiger partial charge >= 0.3 is 0 Å². The molecule has 0 radical (unpaired) electrons. The number of nitrogens with two attached hydrogens (primary N) is 1. The first-order valence-corrected chi connectivity index (χ1v) is 5.84. The number of thiazole rings is 1. The van der Waals surface area contributed by atoms with E-state index in [2.05, 4.69) is 4.98 Å². The van der Waals surface area contributed by atoms with Gasteiger partial charge in [0.1, 0.15) is 11.5 Å². The molecule has 0 unspecified atom stereocenters. The van der Waals surface area contributed by atoms with E-state index in [4.69, 9.17) is 18.1 Å². The summed E-state index contributed by atoms with van der Waals surface area (Å²) in [5.74, 6) is 4.28. The van der Waals surface area contributed by atoms with Crippen molar-refractivity contribution in [2.45, 2.75) is 0 Å². The summed E-state index contributed by atoms with van der Waals surface area (Å²) in [6.45, 7) is 0. The fraction of sp³-hybridized carbons (Fsp3) is 0. The molecule has 2 rings (SSSR count). The van der Waals surface area contributed by atoms with Gasteiger partial charge in [0.05, 0.1) is 4.88 Å². The number of hydrazine groups is 1. The van der Waals surface area contributed by atoms with Gasteiger partial charge in [-0.1, -0.05) is 12.1 Å². The zero-order chi connectivity index (χ0) is 12.4. The quantitative estimate of drug-likeness (QED) is 0.339. The second kappa shape index (κ2) is 4.74. The number of aromatic amines is 1. The van der Waals surface area contributed by atoms with E-state index in [1.807, 2.05) is 5.43 Å². The van der Waals surface area contributed by atoms with E-state index in [9.17, 15) is 9.18 Å². The number of hydrogen-bond donors (Lipinski definition) is 3. The predicted molar refractivity (Wildman–Crippen MR) is 66.6 cm³/mol. The third-order valence-electron chi connectivity index (χ3n) is 2.11. The summed E-state index contributed by atoms with van der Waals surface area (Å²) in [6, 6.07) is 5.80. The highest BCUT2D eigenvalue weighted by Crippen LogP contribution is 2.28. The van der Waals surface area contributed by atoms with E-state index in [0.29, 0.717) is 14.4 Å². The molecule has 0 saturated carbocycles. The molecule has 7 heteroatoms. The maximum atomic E-state index is 12.8. The number of halogens is 1. The summed E-state index contributed by atoms with van der Waals surface area (Å²) in [5.41, 5.74) is 3.03. The Hall–Kier alpha value is -1.57. The van der Waals surface area contributed by atoms with Crippen LogP contribution in [0.1, 0.15) is 10.5 Å². The molecule has 0 saturated heterocycles. The summed E-state index contributed by atoms with van der Waals surface area (Å²) < 4.78 is 13.3. The molecule has 0 fully saturated rings. The Balaban J connectivity index is 2.55. The molecule has 4 nitrogen and oxygen atoms in total. The normalized spacial score (nSPS) is 10.2. The van der Waals surface area contributed by atoms with Gasteiger partial charge in [0.2, 0.25) is 0 Å². The minimum absolute atomic E-state index is 0.286. The van der Waals surface area contributed by atoms with Gasteiger partial charge in [0, 0.05) is 0 Å². The molecular formula is C10H8FN3OS2. The molecular weight excluding hydrogens is 261 g/mol. The van der Waals surface area contributed by atoms with Gasteiger partial charge in [0.15, 0.2) is 3.95 Å². The van der Waals surface area contributed by atoms with Crippen LogP contribution >= 0.6 is 23.6 Å². The molecule has 88 valence electrons. The first-order chi connectivity index (χ1) is 8.11. The molecule has 0 aliphatic heterocycles. The molecule has 0 spiro atoms. The molecule has 1 aromatic heterocycles. The van der Waals surface area contributed by atoms with Gasteiger partial charge < -0.3 is 4.98 Å². The lowest BCUT2D eigenvalue weighted by atomic mass is 10.1. The molecule has 0 bridgehead atoms. The van der Waals surface area contributed by atoms with Crippen molar-refractivity contribution in [1.29, 1.82) is 0 Å². The number of aromatic nitrogens is 1. The summed E-state index contributed by atoms with van der Waals surface area (Å²) >= 11 is 6.22. The molecule has 1 heterocycles. The third-order valence-corrected chi connectivity index (χ3v) is 3.40. The number of nitrogens with one attached hydrogen (secondary N) is 2. The van der Waals surface area contributed by atoms with Gasteiger partial charge in [-0.3, -0.25) is 10.2 Å². The van der Waals surface area contributed by atoms with Gasteiger partial charge in [0.25, 0.3) is 5.91 Å². The first-order valence-electron chi connectivity index (χ1n) is 4.62. The summed E-state index contributed by atoms with van der Waals surface area (Å²) in [6.07, 6.45) is 0. The van der Waals surface area contributed by atoms with Gasteiger partial charge in [-0.25, -0.2) is 10.2 Å². The lowest BCUT2D eigenvalue weighted by Crippen LogP contribution is -2.30. The van der Waals surface area contributed by atoms with Crippen LogP contribution in [-0.4, -0.2) is 10.9 Å². The fourth-order valence-corrected chi connectivity index (χ4v) is 2.55. The van der Waals surface area contributed by atoms with Crippen molar-refractivity contribution in [3.05, 3.63) is 39.7 Å². The van der Waals surface area contributed by atoms with Crippen LogP contribution < -0.4 is 11.3 Å². The Kier molecular flexibility index (Phi) is 3.32. The van der Waals surface area contributed by atoms with E-state index < -0.39 is 5.91 Å². The Bertz CT molecular complexity index is 603. The standard InChI is InChI=1S/C10H8FN3OS2/c11-6-3-1-5(2-4-6)8-7(9(15)14-12)13-10(16)17-8/h1-4H,12H2,(H,13,16)(H,14,15). The lowest BCUT2D eigenvalue weighted by molar-refractivity contribution is 0.0950. The monoisotopic (exact) mass is 269 g/mol. The second-order valence-electron chi connectivity index (χ2n) is 3.20. The number of hydrogen-bond acceptors (Lipinski definition) is 4. The van der Waals surface area contributed by atoms with Crippen molar-refractivity contribution in [3.63, 3.8) is 0 Å². The number of amides is 1. The van der Waals surface area contributed by atoms with Crippen LogP contribution in [-0.2, 0) is 0 Å². The van der Waals surface area contributed by atoms with Gasteiger partial charge in [-0.2, -0.15) is 0 Å². The Morgan fingerprint density at radius 3 is 2.65 bits per heavy atom. The number of H-pyrrole nitrogens is 1. The number of carbonyl (C=O) groups is 1. The minimum Gasteiger partial charge on any atom is -0.332 e. The van der Waals surface area contributed by atoms with Crippen LogP contribution in [0.4, 0.5) is 4.39 Å². The van der Waals surface area contributed by atoms with Crippen LogP contribution in [0, 0.1) is 9.77 Å². The van der Waals surface area contributed by atoms with Crippen LogP contribution in [0.5, 0.6) is 0 Å². The van der Waals surface area contributed by atoms with Crippen molar-refractivity contribution in [1.82, 2.24) is 10.4 Å². The average Bonchev–Trinajstić information content (AvgIpc) is 2.71. The summed E-state index contributed by atoms with van der Waals surface area (Å²) in [4.78, 5) is 14.9. The molecule has 2 aromatic rings. The van der Waals surface area contributed by atoms with Crippen molar-refractivity contribution in [2.24, 2.45) is 5.84 Å². The van der Waals surface area contributed by atoms with Crippen LogP contribution in [0.25, 0.3) is 10.4 Å². The van der Waals surface area contributed by atoms with E-state index in [1.165, 1.54) is 23.5 Å². The van der Waals surface area contributed by atoms with Crippen molar-refractivity contribution in [3.8, 4) is 10.4 Å². The lowest BCUT2D eigenvalue weighted by Gasteiger charge is -2.01. The highest BCUT2D eigenvalue weighted by molar-refractivity contribution is 7.73. The Morgan fingerprint density at radius 1 is 1.41 bits per heavy atom. The van der Waals surface area contributed by atoms with Crippen molar-refractivity contribution in [2.75, 3.05) is 0 Å². The smallest absolute Gasteiger partial charge is 0.283 e. The maximum absolute atomic E-state index is 12.8. The molecule has 0 atom stereocenters. The second-order valence-corrected chi connectivity index (χ2v) is 4.89. The van der Waals surface area contributed by atoms with Gasteiger partial charge in [-0.05, 0) is 29.9 Å². The zero-order valence-corrected chi connectivity index (χ0v) is 10.1. The molecule has 4 N–H and O–H groups in total. The molecule has 0 aliphatic carbocycles. The van der Waals surface area contributed by atoms with Crippen LogP contribution in [0.3, 0.4) is 0 Å². The van der Waals surface area contributed by atoms with Crippen molar-refractivity contribution >= 4 is 29.5 Å². The molecule has 1 aromatic carbocycles. The summed E-state index contributed by atoms with van der Waals surface area (Å²) in [5, 5.41) is 0. The predicted octanol–water partition coefficient (Wildman–Crippen LogP) is 2.22. The summed E-state index contributed by atoms with van der Waals surface area (Å²) in [7, 11) is 0.